The van der Waals surface area contributed by atoms with Gasteiger partial charge in [-0.3, -0.25) is 4.79 Å². The Kier molecular flexibility index (Phi) is 5.49. The average Bonchev–Trinajstić information content (AvgIpc) is 3.05. The first-order valence-corrected chi connectivity index (χ1v) is 8.50. The third-order valence-electron chi connectivity index (χ3n) is 3.66. The van der Waals surface area contributed by atoms with Crippen molar-refractivity contribution in [2.45, 2.75) is 13.8 Å². The van der Waals surface area contributed by atoms with E-state index in [9.17, 15) is 4.79 Å². The minimum atomic E-state index is -0.296. The first-order valence-electron chi connectivity index (χ1n) is 8.12. The summed E-state index contributed by atoms with van der Waals surface area (Å²) in [6.45, 7) is 4.25. The van der Waals surface area contributed by atoms with Gasteiger partial charge in [-0.15, -0.1) is 0 Å². The van der Waals surface area contributed by atoms with Gasteiger partial charge in [0.2, 0.25) is 0 Å². The van der Waals surface area contributed by atoms with Crippen LogP contribution in [0.2, 0.25) is 5.02 Å². The van der Waals surface area contributed by atoms with Crippen LogP contribution in [-0.4, -0.2) is 12.5 Å². The molecule has 0 aliphatic heterocycles. The van der Waals surface area contributed by atoms with E-state index in [0.29, 0.717) is 40.1 Å². The van der Waals surface area contributed by atoms with Crippen molar-refractivity contribution in [1.82, 2.24) is 0 Å². The van der Waals surface area contributed by atoms with E-state index in [2.05, 4.69) is 5.32 Å². The summed E-state index contributed by atoms with van der Waals surface area (Å²) < 4.78 is 16.5. The van der Waals surface area contributed by atoms with Crippen molar-refractivity contribution in [3.63, 3.8) is 0 Å². The minimum Gasteiger partial charge on any atom is -0.494 e. The lowest BCUT2D eigenvalue weighted by Gasteiger charge is -2.13. The summed E-state index contributed by atoms with van der Waals surface area (Å²) in [4.78, 5) is 12.4. The average molecular weight is 372 g/mol. The summed E-state index contributed by atoms with van der Waals surface area (Å²) in [5.41, 5.74) is 0.925. The number of ether oxygens (including phenoxy) is 2. The second-order valence-corrected chi connectivity index (χ2v) is 5.93. The van der Waals surface area contributed by atoms with Crippen LogP contribution in [0.5, 0.6) is 17.2 Å². The number of rotatable bonds is 6. The first kappa shape index (κ1) is 17.9. The van der Waals surface area contributed by atoms with Gasteiger partial charge in [0, 0.05) is 5.02 Å². The van der Waals surface area contributed by atoms with Gasteiger partial charge in [-0.25, -0.2) is 0 Å². The number of halogens is 1. The molecule has 2 aromatic carbocycles. The van der Waals surface area contributed by atoms with E-state index in [1.54, 1.807) is 43.3 Å². The van der Waals surface area contributed by atoms with E-state index in [1.165, 1.54) is 6.26 Å². The van der Waals surface area contributed by atoms with Crippen LogP contribution in [0, 0.1) is 6.92 Å². The van der Waals surface area contributed by atoms with Crippen molar-refractivity contribution < 1.29 is 18.7 Å². The number of benzene rings is 2. The standard InChI is InChI=1S/C20H18ClNO4/c1-3-24-15-5-7-16(8-6-15)26-19-9-4-14(21)12-18(19)22-20(23)17-10-11-25-13(17)2/h4-12H,3H2,1-2H3,(H,22,23). The third-order valence-corrected chi connectivity index (χ3v) is 3.89. The first-order chi connectivity index (χ1) is 12.6. The maximum absolute atomic E-state index is 12.4. The van der Waals surface area contributed by atoms with Gasteiger partial charge in [-0.05, 0) is 62.4 Å². The van der Waals surface area contributed by atoms with Crippen molar-refractivity contribution in [2.24, 2.45) is 0 Å². The molecule has 1 N–H and O–H groups in total. The monoisotopic (exact) mass is 371 g/mol. The normalized spacial score (nSPS) is 10.4. The molecule has 26 heavy (non-hydrogen) atoms. The summed E-state index contributed by atoms with van der Waals surface area (Å²) in [5.74, 6) is 2.10. The van der Waals surface area contributed by atoms with E-state index < -0.39 is 0 Å². The molecule has 0 spiro atoms. The molecule has 1 amide bonds. The summed E-state index contributed by atoms with van der Waals surface area (Å²) >= 11 is 6.07. The number of hydrogen-bond donors (Lipinski definition) is 1. The Bertz CT molecular complexity index is 902. The van der Waals surface area contributed by atoms with Gasteiger partial charge in [0.15, 0.2) is 5.75 Å². The molecule has 3 aromatic rings. The number of aryl methyl sites for hydroxylation is 1. The maximum atomic E-state index is 12.4. The van der Waals surface area contributed by atoms with Crippen molar-refractivity contribution in [1.29, 1.82) is 0 Å². The number of nitrogens with one attached hydrogen (secondary N) is 1. The predicted octanol–water partition coefficient (Wildman–Crippen LogP) is 5.68. The molecule has 1 heterocycles. The van der Waals surface area contributed by atoms with Crippen molar-refractivity contribution >= 4 is 23.2 Å². The van der Waals surface area contributed by atoms with E-state index in [1.807, 2.05) is 19.1 Å². The van der Waals surface area contributed by atoms with Gasteiger partial charge in [0.05, 0.1) is 24.1 Å². The summed E-state index contributed by atoms with van der Waals surface area (Å²) in [5, 5.41) is 3.30. The molecule has 0 bridgehead atoms. The third kappa shape index (κ3) is 4.18. The van der Waals surface area contributed by atoms with E-state index >= 15 is 0 Å². The number of hydrogen-bond acceptors (Lipinski definition) is 4. The fraction of sp³-hybridized carbons (Fsp3) is 0.150. The fourth-order valence-electron chi connectivity index (χ4n) is 2.40. The van der Waals surface area contributed by atoms with Gasteiger partial charge < -0.3 is 19.2 Å². The lowest BCUT2D eigenvalue weighted by molar-refractivity contribution is 0.102. The molecule has 0 atom stereocenters. The summed E-state index contributed by atoms with van der Waals surface area (Å²) in [7, 11) is 0. The largest absolute Gasteiger partial charge is 0.494 e. The van der Waals surface area contributed by atoms with E-state index in [-0.39, 0.29) is 5.91 Å². The molecular formula is C20H18ClNO4. The lowest BCUT2D eigenvalue weighted by Crippen LogP contribution is -2.12. The van der Waals surface area contributed by atoms with Gasteiger partial charge in [-0.2, -0.15) is 0 Å². The second kappa shape index (κ2) is 7.97. The molecule has 1 aromatic heterocycles. The maximum Gasteiger partial charge on any atom is 0.259 e. The Morgan fingerprint density at radius 2 is 1.85 bits per heavy atom. The highest BCUT2D eigenvalue weighted by Crippen LogP contribution is 2.33. The van der Waals surface area contributed by atoms with Crippen LogP contribution in [0.4, 0.5) is 5.69 Å². The predicted molar refractivity (Wildman–Crippen MR) is 101 cm³/mol. The zero-order valence-corrected chi connectivity index (χ0v) is 15.2. The van der Waals surface area contributed by atoms with Crippen molar-refractivity contribution in [3.05, 3.63) is 71.1 Å². The summed E-state index contributed by atoms with van der Waals surface area (Å²) in [6, 6.07) is 13.9. The van der Waals surface area contributed by atoms with Crippen molar-refractivity contribution in [3.8, 4) is 17.2 Å². The highest BCUT2D eigenvalue weighted by Gasteiger charge is 2.15. The van der Waals surface area contributed by atoms with Crippen LogP contribution < -0.4 is 14.8 Å². The molecule has 0 radical (unpaired) electrons. The molecule has 134 valence electrons. The highest BCUT2D eigenvalue weighted by atomic mass is 35.5. The Morgan fingerprint density at radius 3 is 2.50 bits per heavy atom. The molecule has 0 saturated carbocycles. The molecule has 0 unspecified atom stereocenters. The van der Waals surface area contributed by atoms with E-state index in [0.717, 1.165) is 5.75 Å². The molecule has 6 heteroatoms. The molecule has 0 fully saturated rings. The zero-order valence-electron chi connectivity index (χ0n) is 14.4. The SMILES string of the molecule is CCOc1ccc(Oc2ccc(Cl)cc2NC(=O)c2ccoc2C)cc1. The smallest absolute Gasteiger partial charge is 0.259 e. The quantitative estimate of drug-likeness (QED) is 0.605. The van der Waals surface area contributed by atoms with Crippen molar-refractivity contribution in [2.75, 3.05) is 11.9 Å². The van der Waals surface area contributed by atoms with Gasteiger partial charge in [0.25, 0.3) is 5.91 Å². The molecular weight excluding hydrogens is 354 g/mol. The second-order valence-electron chi connectivity index (χ2n) is 5.49. The Morgan fingerprint density at radius 1 is 1.12 bits per heavy atom. The van der Waals surface area contributed by atoms with Crippen LogP contribution in [0.1, 0.15) is 23.0 Å². The number of amides is 1. The Hall–Kier alpha value is -2.92. The van der Waals surface area contributed by atoms with Crippen LogP contribution in [-0.2, 0) is 0 Å². The van der Waals surface area contributed by atoms with E-state index in [4.69, 9.17) is 25.5 Å². The number of furan rings is 1. The molecule has 0 aliphatic rings. The van der Waals surface area contributed by atoms with Gasteiger partial charge >= 0.3 is 0 Å². The summed E-state index contributed by atoms with van der Waals surface area (Å²) in [6.07, 6.45) is 1.47. The number of anilines is 1. The van der Waals surface area contributed by atoms with Crippen LogP contribution in [0.3, 0.4) is 0 Å². The lowest BCUT2D eigenvalue weighted by atomic mass is 10.2. The Labute approximate surface area is 156 Å². The number of carbonyl (C=O) groups excluding carboxylic acids is 1. The molecule has 3 rings (SSSR count). The highest BCUT2D eigenvalue weighted by molar-refractivity contribution is 6.31. The van der Waals surface area contributed by atoms with Crippen LogP contribution >= 0.6 is 11.6 Å². The van der Waals surface area contributed by atoms with Crippen LogP contribution in [0.25, 0.3) is 0 Å². The molecule has 5 nitrogen and oxygen atoms in total. The fourth-order valence-corrected chi connectivity index (χ4v) is 2.57. The zero-order chi connectivity index (χ0) is 18.5. The topological polar surface area (TPSA) is 60.7 Å². The Balaban J connectivity index is 1.81. The van der Waals surface area contributed by atoms with Gasteiger partial charge in [0.1, 0.15) is 17.3 Å². The molecule has 0 aliphatic carbocycles. The minimum absolute atomic E-state index is 0.296. The number of carbonyl (C=O) groups is 1. The van der Waals surface area contributed by atoms with Crippen LogP contribution in [0.15, 0.2) is 59.2 Å². The van der Waals surface area contributed by atoms with Gasteiger partial charge in [-0.1, -0.05) is 11.6 Å². The molecule has 0 saturated heterocycles.